The van der Waals surface area contributed by atoms with E-state index in [2.05, 4.69) is 11.8 Å². The minimum absolute atomic E-state index is 0. The normalized spacial score (nSPS) is 32.1. The maximum atomic E-state index is 5.94. The Morgan fingerprint density at radius 2 is 1.47 bits per heavy atom. The molecule has 102 valence electrons. The maximum Gasteiger partial charge on any atom is 0.00631 e. The molecule has 0 aromatic rings. The molecule has 2 nitrogen and oxygen atoms in total. The summed E-state index contributed by atoms with van der Waals surface area (Å²) in [6, 6.07) is 0.479. The molecule has 2 heteroatoms. The minimum atomic E-state index is 0. The summed E-state index contributed by atoms with van der Waals surface area (Å²) >= 11 is 0. The van der Waals surface area contributed by atoms with Gasteiger partial charge in [-0.1, -0.05) is 33.6 Å². The Labute approximate surface area is 108 Å². The molecule has 0 aromatic heterocycles. The van der Waals surface area contributed by atoms with Crippen molar-refractivity contribution in [3.8, 4) is 0 Å². The van der Waals surface area contributed by atoms with Crippen LogP contribution in [-0.2, 0) is 0 Å². The summed E-state index contributed by atoms with van der Waals surface area (Å²) in [5.41, 5.74) is 5.94. The van der Waals surface area contributed by atoms with Crippen molar-refractivity contribution in [1.29, 1.82) is 0 Å². The summed E-state index contributed by atoms with van der Waals surface area (Å²) in [7, 11) is 0. The Morgan fingerprint density at radius 3 is 2.00 bits per heavy atom. The fourth-order valence-corrected chi connectivity index (χ4v) is 3.32. The van der Waals surface area contributed by atoms with E-state index in [1.807, 2.05) is 0 Å². The average Bonchev–Trinajstić information content (AvgIpc) is 2.33. The molecule has 2 rings (SSSR count). The van der Waals surface area contributed by atoms with Gasteiger partial charge in [-0.2, -0.15) is 0 Å². The molecule has 2 fully saturated rings. The van der Waals surface area contributed by atoms with E-state index in [-0.39, 0.29) is 7.43 Å². The third-order valence-electron chi connectivity index (χ3n) is 4.69. The van der Waals surface area contributed by atoms with Crippen molar-refractivity contribution >= 4 is 0 Å². The largest absolute Gasteiger partial charge is 0.328 e. The Morgan fingerprint density at radius 1 is 0.941 bits per heavy atom. The molecule has 1 saturated carbocycles. The number of likely N-dealkylation sites (tertiary alicyclic amines) is 1. The zero-order valence-corrected chi connectivity index (χ0v) is 10.8. The first kappa shape index (κ1) is 15.0. The molecule has 0 aromatic carbocycles. The zero-order chi connectivity index (χ0) is 11.4. The van der Waals surface area contributed by atoms with E-state index in [9.17, 15) is 0 Å². The quantitative estimate of drug-likeness (QED) is 0.820. The van der Waals surface area contributed by atoms with Crippen molar-refractivity contribution < 1.29 is 0 Å². The van der Waals surface area contributed by atoms with Crippen LogP contribution in [0.5, 0.6) is 0 Å². The summed E-state index contributed by atoms with van der Waals surface area (Å²) in [5.74, 6) is 2.02. The molecule has 0 spiro atoms. The van der Waals surface area contributed by atoms with Crippen LogP contribution in [0.2, 0.25) is 0 Å². The Bertz CT molecular complexity index is 189. The van der Waals surface area contributed by atoms with Crippen molar-refractivity contribution in [3.63, 3.8) is 0 Å². The molecule has 1 aliphatic heterocycles. The monoisotopic (exact) mass is 240 g/mol. The topological polar surface area (TPSA) is 29.3 Å². The van der Waals surface area contributed by atoms with Crippen molar-refractivity contribution in [2.24, 2.45) is 17.6 Å². The lowest BCUT2D eigenvalue weighted by Crippen LogP contribution is -2.42. The van der Waals surface area contributed by atoms with E-state index >= 15 is 0 Å². The van der Waals surface area contributed by atoms with Crippen LogP contribution >= 0.6 is 0 Å². The Hall–Kier alpha value is -0.0800. The molecule has 2 aliphatic rings. The highest BCUT2D eigenvalue weighted by Gasteiger charge is 2.23. The third-order valence-corrected chi connectivity index (χ3v) is 4.69. The molecule has 1 heterocycles. The van der Waals surface area contributed by atoms with E-state index in [1.165, 1.54) is 64.6 Å². The highest BCUT2D eigenvalue weighted by Crippen LogP contribution is 2.31. The van der Waals surface area contributed by atoms with Gasteiger partial charge >= 0.3 is 0 Å². The van der Waals surface area contributed by atoms with Crippen molar-refractivity contribution in [2.75, 3.05) is 19.6 Å². The number of nitrogens with two attached hydrogens (primary N) is 1. The first-order valence-corrected chi connectivity index (χ1v) is 7.26. The van der Waals surface area contributed by atoms with Crippen molar-refractivity contribution in [3.05, 3.63) is 0 Å². The maximum absolute atomic E-state index is 5.94. The van der Waals surface area contributed by atoms with Crippen LogP contribution in [0, 0.1) is 11.8 Å². The zero-order valence-electron chi connectivity index (χ0n) is 10.8. The van der Waals surface area contributed by atoms with Gasteiger partial charge in [-0.3, -0.25) is 0 Å². The summed E-state index contributed by atoms with van der Waals surface area (Å²) in [4.78, 5) is 2.65. The molecule has 0 amide bonds. The van der Waals surface area contributed by atoms with Gasteiger partial charge in [-0.05, 0) is 50.6 Å². The fourth-order valence-electron chi connectivity index (χ4n) is 3.32. The van der Waals surface area contributed by atoms with E-state index in [1.54, 1.807) is 0 Å². The number of hydrogen-bond donors (Lipinski definition) is 1. The second kappa shape index (κ2) is 7.38. The van der Waals surface area contributed by atoms with Gasteiger partial charge in [0, 0.05) is 12.6 Å². The SMILES string of the molecule is C.CCC1CCC(CN2CCC(N)CC2)CC1. The van der Waals surface area contributed by atoms with Crippen LogP contribution in [0.3, 0.4) is 0 Å². The van der Waals surface area contributed by atoms with Crippen molar-refractivity contribution in [1.82, 2.24) is 4.90 Å². The second-order valence-corrected chi connectivity index (χ2v) is 5.93. The molecule has 0 bridgehead atoms. The van der Waals surface area contributed by atoms with Gasteiger partial charge in [-0.25, -0.2) is 0 Å². The van der Waals surface area contributed by atoms with Gasteiger partial charge in [0.25, 0.3) is 0 Å². The predicted molar refractivity (Wildman–Crippen MR) is 76.1 cm³/mol. The summed E-state index contributed by atoms with van der Waals surface area (Å²) in [6.07, 6.45) is 9.73. The molecule has 1 aliphatic carbocycles. The standard InChI is InChI=1S/C14H28N2.CH4/c1-2-12-3-5-13(6-4-12)11-16-9-7-14(15)8-10-16;/h12-14H,2-11,15H2,1H3;1H4. The molecule has 1 saturated heterocycles. The Kier molecular flexibility index (Phi) is 6.50. The average molecular weight is 240 g/mol. The molecule has 0 atom stereocenters. The summed E-state index contributed by atoms with van der Waals surface area (Å²) < 4.78 is 0. The van der Waals surface area contributed by atoms with Crippen LogP contribution in [0.25, 0.3) is 0 Å². The first-order valence-electron chi connectivity index (χ1n) is 7.26. The van der Waals surface area contributed by atoms with Crippen molar-refractivity contribution in [2.45, 2.75) is 65.3 Å². The van der Waals surface area contributed by atoms with Gasteiger partial charge in [-0.15, -0.1) is 0 Å². The van der Waals surface area contributed by atoms with E-state index in [0.29, 0.717) is 6.04 Å². The number of nitrogens with zero attached hydrogens (tertiary/aromatic N) is 1. The van der Waals surface area contributed by atoms with Gasteiger partial charge in [0.15, 0.2) is 0 Å². The fraction of sp³-hybridized carbons (Fsp3) is 1.00. The highest BCUT2D eigenvalue weighted by molar-refractivity contribution is 4.79. The van der Waals surface area contributed by atoms with Gasteiger partial charge in [0.1, 0.15) is 0 Å². The van der Waals surface area contributed by atoms with Crippen LogP contribution in [0.1, 0.15) is 59.3 Å². The van der Waals surface area contributed by atoms with Crippen LogP contribution in [0.4, 0.5) is 0 Å². The number of piperidine rings is 1. The molecule has 2 N–H and O–H groups in total. The molecular formula is C15H32N2. The predicted octanol–water partition coefficient (Wildman–Crippen LogP) is 3.26. The lowest BCUT2D eigenvalue weighted by atomic mass is 9.80. The highest BCUT2D eigenvalue weighted by atomic mass is 15.1. The van der Waals surface area contributed by atoms with Gasteiger partial charge in [0.2, 0.25) is 0 Å². The molecule has 0 unspecified atom stereocenters. The van der Waals surface area contributed by atoms with Crippen LogP contribution < -0.4 is 5.73 Å². The lowest BCUT2D eigenvalue weighted by molar-refractivity contribution is 0.151. The lowest BCUT2D eigenvalue weighted by Gasteiger charge is -2.35. The molecule has 17 heavy (non-hydrogen) atoms. The summed E-state index contributed by atoms with van der Waals surface area (Å²) in [5, 5.41) is 0. The minimum Gasteiger partial charge on any atom is -0.328 e. The van der Waals surface area contributed by atoms with Gasteiger partial charge in [0.05, 0.1) is 0 Å². The van der Waals surface area contributed by atoms with Crippen LogP contribution in [-0.4, -0.2) is 30.6 Å². The summed E-state index contributed by atoms with van der Waals surface area (Å²) in [6.45, 7) is 6.18. The number of hydrogen-bond acceptors (Lipinski definition) is 2. The van der Waals surface area contributed by atoms with E-state index in [0.717, 1.165) is 11.8 Å². The third kappa shape index (κ3) is 4.59. The van der Waals surface area contributed by atoms with Gasteiger partial charge < -0.3 is 10.6 Å². The Balaban J connectivity index is 0.00000144. The smallest absolute Gasteiger partial charge is 0.00631 e. The molecular weight excluding hydrogens is 208 g/mol. The van der Waals surface area contributed by atoms with E-state index in [4.69, 9.17) is 5.73 Å². The van der Waals surface area contributed by atoms with E-state index < -0.39 is 0 Å². The molecule has 0 radical (unpaired) electrons. The second-order valence-electron chi connectivity index (χ2n) is 5.93. The van der Waals surface area contributed by atoms with Crippen LogP contribution in [0.15, 0.2) is 0 Å². The number of rotatable bonds is 3. The first-order chi connectivity index (χ1) is 7.78.